The molecular formula is C18H27ClN2O2. The standard InChI is InChI=1S/C18H26N2O2.ClH/c1-12(2)22-17-7-5-14(6-8-17)20-18(21)11-13-9-15-3-4-16(10-13)19-15;/h5-8,12-13,15-16,19H,3-4,9-11H2,1-2H3,(H,20,21);1H. The maximum absolute atomic E-state index is 12.2. The summed E-state index contributed by atoms with van der Waals surface area (Å²) in [5.41, 5.74) is 0.845. The molecule has 128 valence electrons. The fourth-order valence-corrected chi connectivity index (χ4v) is 3.70. The van der Waals surface area contributed by atoms with Crippen molar-refractivity contribution in [1.29, 1.82) is 0 Å². The molecule has 0 spiro atoms. The lowest BCUT2D eigenvalue weighted by atomic mass is 9.89. The second-order valence-corrected chi connectivity index (χ2v) is 6.92. The molecule has 1 aromatic rings. The summed E-state index contributed by atoms with van der Waals surface area (Å²) in [6, 6.07) is 8.90. The number of carbonyl (C=O) groups is 1. The third kappa shape index (κ3) is 5.11. The van der Waals surface area contributed by atoms with Gasteiger partial charge in [-0.15, -0.1) is 12.4 Å². The van der Waals surface area contributed by atoms with E-state index in [4.69, 9.17) is 4.74 Å². The Labute approximate surface area is 144 Å². The summed E-state index contributed by atoms with van der Waals surface area (Å²) in [5, 5.41) is 6.62. The first-order chi connectivity index (χ1) is 10.6. The molecule has 1 aromatic carbocycles. The molecule has 2 fully saturated rings. The molecule has 5 heteroatoms. The lowest BCUT2D eigenvalue weighted by molar-refractivity contribution is -0.117. The second-order valence-electron chi connectivity index (χ2n) is 6.92. The van der Waals surface area contributed by atoms with Gasteiger partial charge in [-0.1, -0.05) is 0 Å². The van der Waals surface area contributed by atoms with E-state index < -0.39 is 0 Å². The number of ether oxygens (including phenoxy) is 1. The van der Waals surface area contributed by atoms with Crippen molar-refractivity contribution in [1.82, 2.24) is 5.32 Å². The first kappa shape index (κ1) is 18.1. The van der Waals surface area contributed by atoms with Crippen molar-refractivity contribution in [3.8, 4) is 5.75 Å². The quantitative estimate of drug-likeness (QED) is 0.859. The number of nitrogens with one attached hydrogen (secondary N) is 2. The van der Waals surface area contributed by atoms with Gasteiger partial charge in [0, 0.05) is 24.2 Å². The molecule has 0 aromatic heterocycles. The summed E-state index contributed by atoms with van der Waals surface area (Å²) in [6.45, 7) is 4.00. The molecular weight excluding hydrogens is 312 g/mol. The van der Waals surface area contributed by atoms with Gasteiger partial charge in [0.25, 0.3) is 0 Å². The van der Waals surface area contributed by atoms with E-state index in [1.54, 1.807) is 0 Å². The normalized spacial score (nSPS) is 25.8. The highest BCUT2D eigenvalue weighted by Crippen LogP contribution is 2.32. The Balaban J connectivity index is 0.00000192. The molecule has 0 aliphatic carbocycles. The Kier molecular flexibility index (Phi) is 6.31. The topological polar surface area (TPSA) is 50.4 Å². The number of fused-ring (bicyclic) bond motifs is 2. The van der Waals surface area contributed by atoms with Gasteiger partial charge < -0.3 is 15.4 Å². The van der Waals surface area contributed by atoms with Crippen LogP contribution in [-0.4, -0.2) is 24.1 Å². The maximum Gasteiger partial charge on any atom is 0.224 e. The second kappa shape index (κ2) is 8.02. The van der Waals surface area contributed by atoms with Crippen molar-refractivity contribution in [3.05, 3.63) is 24.3 Å². The highest BCUT2D eigenvalue weighted by Gasteiger charge is 2.34. The van der Waals surface area contributed by atoms with Crippen LogP contribution in [0.2, 0.25) is 0 Å². The molecule has 2 heterocycles. The molecule has 4 nitrogen and oxygen atoms in total. The molecule has 23 heavy (non-hydrogen) atoms. The first-order valence-corrected chi connectivity index (χ1v) is 8.41. The Bertz CT molecular complexity index is 506. The van der Waals surface area contributed by atoms with Crippen molar-refractivity contribution in [3.63, 3.8) is 0 Å². The lowest BCUT2D eigenvalue weighted by Crippen LogP contribution is -2.39. The Morgan fingerprint density at radius 3 is 2.39 bits per heavy atom. The minimum Gasteiger partial charge on any atom is -0.491 e. The highest BCUT2D eigenvalue weighted by atomic mass is 35.5. The molecule has 2 aliphatic rings. The predicted molar refractivity (Wildman–Crippen MR) is 95.4 cm³/mol. The summed E-state index contributed by atoms with van der Waals surface area (Å²) in [6.07, 6.45) is 5.64. The van der Waals surface area contributed by atoms with Gasteiger partial charge in [0.2, 0.25) is 5.91 Å². The highest BCUT2D eigenvalue weighted by molar-refractivity contribution is 5.90. The molecule has 0 radical (unpaired) electrons. The third-order valence-electron chi connectivity index (χ3n) is 4.55. The number of piperidine rings is 1. The van der Waals surface area contributed by atoms with Gasteiger partial charge in [-0.25, -0.2) is 0 Å². The Hall–Kier alpha value is -1.26. The van der Waals surface area contributed by atoms with Crippen LogP contribution in [0.4, 0.5) is 5.69 Å². The number of hydrogen-bond donors (Lipinski definition) is 2. The van der Waals surface area contributed by atoms with E-state index in [9.17, 15) is 4.79 Å². The van der Waals surface area contributed by atoms with E-state index in [1.165, 1.54) is 12.8 Å². The van der Waals surface area contributed by atoms with Crippen LogP contribution in [0.1, 0.15) is 46.0 Å². The van der Waals surface area contributed by atoms with Crippen LogP contribution in [0.15, 0.2) is 24.3 Å². The smallest absolute Gasteiger partial charge is 0.224 e. The number of anilines is 1. The van der Waals surface area contributed by atoms with Gasteiger partial charge in [-0.3, -0.25) is 4.79 Å². The van der Waals surface area contributed by atoms with E-state index in [1.807, 2.05) is 38.1 Å². The average Bonchev–Trinajstić information content (AvgIpc) is 2.79. The zero-order valence-corrected chi connectivity index (χ0v) is 14.7. The van der Waals surface area contributed by atoms with Gasteiger partial charge in [0.15, 0.2) is 0 Å². The molecule has 0 saturated carbocycles. The lowest BCUT2D eigenvalue weighted by Gasteiger charge is -2.28. The van der Waals surface area contributed by atoms with Gasteiger partial charge in [0.05, 0.1) is 6.10 Å². The molecule has 2 bridgehead atoms. The molecule has 2 saturated heterocycles. The number of carbonyl (C=O) groups excluding carboxylic acids is 1. The van der Waals surface area contributed by atoms with Crippen LogP contribution in [0.25, 0.3) is 0 Å². The summed E-state index contributed by atoms with van der Waals surface area (Å²) < 4.78 is 5.61. The van der Waals surface area contributed by atoms with E-state index in [0.717, 1.165) is 24.3 Å². The van der Waals surface area contributed by atoms with Crippen molar-refractivity contribution in [2.45, 2.75) is 64.1 Å². The molecule has 2 unspecified atom stereocenters. The van der Waals surface area contributed by atoms with E-state index in [0.29, 0.717) is 24.4 Å². The SMILES string of the molecule is CC(C)Oc1ccc(NC(=O)CC2CC3CCC(C2)N3)cc1.Cl. The predicted octanol–water partition coefficient (Wildman–Crippen LogP) is 3.75. The van der Waals surface area contributed by atoms with Gasteiger partial charge >= 0.3 is 0 Å². The zero-order chi connectivity index (χ0) is 15.5. The first-order valence-electron chi connectivity index (χ1n) is 8.41. The zero-order valence-electron chi connectivity index (χ0n) is 13.9. The molecule has 1 amide bonds. The van der Waals surface area contributed by atoms with E-state index >= 15 is 0 Å². The van der Waals surface area contributed by atoms with E-state index in [2.05, 4.69) is 10.6 Å². The van der Waals surface area contributed by atoms with Gasteiger partial charge in [-0.05, 0) is 69.7 Å². The third-order valence-corrected chi connectivity index (χ3v) is 4.55. The van der Waals surface area contributed by atoms with Crippen LogP contribution in [0.3, 0.4) is 0 Å². The number of amides is 1. The minimum atomic E-state index is 0. The summed E-state index contributed by atoms with van der Waals surface area (Å²) >= 11 is 0. The molecule has 2 aliphatic heterocycles. The van der Waals surface area contributed by atoms with Crippen LogP contribution >= 0.6 is 12.4 Å². The fourth-order valence-electron chi connectivity index (χ4n) is 3.70. The van der Waals surface area contributed by atoms with Crippen LogP contribution in [0, 0.1) is 5.92 Å². The molecule has 2 atom stereocenters. The van der Waals surface area contributed by atoms with Gasteiger partial charge in [-0.2, -0.15) is 0 Å². The summed E-state index contributed by atoms with van der Waals surface area (Å²) in [7, 11) is 0. The number of hydrogen-bond acceptors (Lipinski definition) is 3. The summed E-state index contributed by atoms with van der Waals surface area (Å²) in [4.78, 5) is 12.2. The fraction of sp³-hybridized carbons (Fsp3) is 0.611. The van der Waals surface area contributed by atoms with Crippen LogP contribution in [0.5, 0.6) is 5.75 Å². The Morgan fingerprint density at radius 2 is 1.83 bits per heavy atom. The minimum absolute atomic E-state index is 0. The van der Waals surface area contributed by atoms with Crippen molar-refractivity contribution >= 4 is 24.0 Å². The van der Waals surface area contributed by atoms with E-state index in [-0.39, 0.29) is 24.4 Å². The molecule has 2 N–H and O–H groups in total. The van der Waals surface area contributed by atoms with Gasteiger partial charge in [0.1, 0.15) is 5.75 Å². The van der Waals surface area contributed by atoms with Crippen molar-refractivity contribution in [2.24, 2.45) is 5.92 Å². The largest absolute Gasteiger partial charge is 0.491 e. The number of halogens is 1. The Morgan fingerprint density at radius 1 is 1.22 bits per heavy atom. The van der Waals surface area contributed by atoms with Crippen molar-refractivity contribution in [2.75, 3.05) is 5.32 Å². The maximum atomic E-state index is 12.2. The molecule has 3 rings (SSSR count). The van der Waals surface area contributed by atoms with Crippen molar-refractivity contribution < 1.29 is 9.53 Å². The summed E-state index contributed by atoms with van der Waals surface area (Å²) in [5.74, 6) is 1.49. The van der Waals surface area contributed by atoms with Crippen LogP contribution < -0.4 is 15.4 Å². The average molecular weight is 339 g/mol. The number of benzene rings is 1. The monoisotopic (exact) mass is 338 g/mol. The van der Waals surface area contributed by atoms with Crippen LogP contribution in [-0.2, 0) is 4.79 Å². The number of rotatable bonds is 5.